The minimum absolute atomic E-state index is 0.0125. The van der Waals surface area contributed by atoms with Crippen molar-refractivity contribution in [1.29, 1.82) is 0 Å². The molecule has 1 aliphatic heterocycles. The Kier molecular flexibility index (Phi) is 7.46. The van der Waals surface area contributed by atoms with Gasteiger partial charge in [0.15, 0.2) is 4.90 Å². The molecule has 1 atom stereocenters. The van der Waals surface area contributed by atoms with Crippen LogP contribution in [0.3, 0.4) is 0 Å². The predicted octanol–water partition coefficient (Wildman–Crippen LogP) is 3.38. The van der Waals surface area contributed by atoms with Gasteiger partial charge >= 0.3 is 0 Å². The molecule has 2 fully saturated rings. The summed E-state index contributed by atoms with van der Waals surface area (Å²) in [6.07, 6.45) is 2.74. The van der Waals surface area contributed by atoms with Gasteiger partial charge in [0.1, 0.15) is 17.2 Å². The zero-order valence-electron chi connectivity index (χ0n) is 18.5. The number of alkyl halides is 2. The first-order chi connectivity index (χ1) is 16.2. The summed E-state index contributed by atoms with van der Waals surface area (Å²) in [5, 5.41) is 2.59. The maximum absolute atomic E-state index is 14.0. The zero-order valence-corrected chi connectivity index (χ0v) is 19.3. The Hall–Kier alpha value is -2.21. The van der Waals surface area contributed by atoms with Crippen molar-refractivity contribution in [2.45, 2.75) is 42.0 Å². The first-order valence-electron chi connectivity index (χ1n) is 11.1. The van der Waals surface area contributed by atoms with E-state index in [0.29, 0.717) is 31.1 Å². The lowest BCUT2D eigenvalue weighted by atomic mass is 9.78. The van der Waals surface area contributed by atoms with Gasteiger partial charge in [0.25, 0.3) is 5.91 Å². The van der Waals surface area contributed by atoms with E-state index in [1.54, 1.807) is 28.8 Å². The van der Waals surface area contributed by atoms with Crippen molar-refractivity contribution < 1.29 is 26.9 Å². The number of nitrogens with one attached hydrogen (secondary N) is 1. The van der Waals surface area contributed by atoms with E-state index in [0.717, 1.165) is 12.1 Å². The van der Waals surface area contributed by atoms with Gasteiger partial charge in [0, 0.05) is 44.2 Å². The third-order valence-electron chi connectivity index (χ3n) is 6.66. The number of hydrogen-bond donors (Lipinski definition) is 1. The highest BCUT2D eigenvalue weighted by Crippen LogP contribution is 2.42. The molecule has 0 spiro atoms. The molecule has 1 saturated heterocycles. The SMILES string of the molecule is O=C(NCC1(N2CCN([S+]([O-])c3cccnc3)CC2)CCC(F)(F)CC1)c1c(F)cccc1F. The number of nitrogens with zero attached hydrogens (tertiary/aromatic N) is 3. The second-order valence-electron chi connectivity index (χ2n) is 8.71. The third-order valence-corrected chi connectivity index (χ3v) is 8.14. The van der Waals surface area contributed by atoms with E-state index in [2.05, 4.69) is 10.3 Å². The second-order valence-corrected chi connectivity index (χ2v) is 10.2. The number of carbonyl (C=O) groups excluding carboxylic acids is 1. The van der Waals surface area contributed by atoms with Crippen molar-refractivity contribution in [1.82, 2.24) is 19.5 Å². The van der Waals surface area contributed by atoms with Gasteiger partial charge in [-0.2, -0.15) is 0 Å². The number of hydrogen-bond acceptors (Lipinski definition) is 5. The standard InChI is InChI=1S/C23H26F4N4O2S/c24-18-4-1-5-19(25)20(18)21(32)29-16-22(6-8-23(26,27)9-7-22)30-11-13-31(14-12-30)34(33)17-3-2-10-28-15-17/h1-5,10,15H,6-9,11-14,16H2,(H,29,32). The molecular formula is C23H26F4N4O2S. The van der Waals surface area contributed by atoms with Gasteiger partial charge in [0.2, 0.25) is 5.92 Å². The number of carbonyl (C=O) groups is 1. The molecule has 1 aromatic carbocycles. The second kappa shape index (κ2) is 10.2. The summed E-state index contributed by atoms with van der Waals surface area (Å²) in [6.45, 7) is 1.79. The Balaban J connectivity index is 1.45. The monoisotopic (exact) mass is 498 g/mol. The summed E-state index contributed by atoms with van der Waals surface area (Å²) in [6, 6.07) is 6.60. The van der Waals surface area contributed by atoms with Crippen molar-refractivity contribution in [3.8, 4) is 0 Å². The number of aromatic nitrogens is 1. The first-order valence-corrected chi connectivity index (χ1v) is 12.2. The minimum Gasteiger partial charge on any atom is -0.593 e. The molecule has 2 aromatic rings. The van der Waals surface area contributed by atoms with Crippen LogP contribution in [0.2, 0.25) is 0 Å². The largest absolute Gasteiger partial charge is 0.593 e. The highest BCUT2D eigenvalue weighted by molar-refractivity contribution is 7.89. The van der Waals surface area contributed by atoms with Gasteiger partial charge in [-0.1, -0.05) is 6.07 Å². The summed E-state index contributed by atoms with van der Waals surface area (Å²) < 4.78 is 70.6. The van der Waals surface area contributed by atoms with E-state index in [1.807, 2.05) is 4.90 Å². The molecule has 1 N–H and O–H groups in total. The Morgan fingerprint density at radius 2 is 1.68 bits per heavy atom. The van der Waals surface area contributed by atoms with Crippen LogP contribution in [0.25, 0.3) is 0 Å². The Morgan fingerprint density at radius 3 is 2.26 bits per heavy atom. The molecule has 6 nitrogen and oxygen atoms in total. The Labute approximate surface area is 198 Å². The molecule has 11 heteroatoms. The van der Waals surface area contributed by atoms with E-state index < -0.39 is 45.9 Å². The number of pyridine rings is 1. The van der Waals surface area contributed by atoms with E-state index in [9.17, 15) is 26.9 Å². The van der Waals surface area contributed by atoms with Gasteiger partial charge in [-0.25, -0.2) is 17.6 Å². The molecule has 184 valence electrons. The molecule has 1 amide bonds. The first kappa shape index (κ1) is 24.9. The van der Waals surface area contributed by atoms with Crippen molar-refractivity contribution in [2.75, 3.05) is 32.7 Å². The summed E-state index contributed by atoms with van der Waals surface area (Å²) in [7, 11) is 0. The van der Waals surface area contributed by atoms with Crippen molar-refractivity contribution in [2.24, 2.45) is 0 Å². The average Bonchev–Trinajstić information content (AvgIpc) is 2.84. The molecule has 1 unspecified atom stereocenters. The molecule has 4 rings (SSSR count). The van der Waals surface area contributed by atoms with E-state index in [-0.39, 0.29) is 32.2 Å². The molecule has 1 saturated carbocycles. The molecule has 1 aliphatic carbocycles. The lowest BCUT2D eigenvalue weighted by Crippen LogP contribution is -2.63. The lowest BCUT2D eigenvalue weighted by Gasteiger charge is -2.50. The fourth-order valence-electron chi connectivity index (χ4n) is 4.66. The fraction of sp³-hybridized carbons (Fsp3) is 0.478. The van der Waals surface area contributed by atoms with Crippen molar-refractivity contribution in [3.63, 3.8) is 0 Å². The topological polar surface area (TPSA) is 71.5 Å². The molecule has 0 bridgehead atoms. The van der Waals surface area contributed by atoms with Gasteiger partial charge in [-0.15, -0.1) is 4.31 Å². The third kappa shape index (κ3) is 5.37. The quantitative estimate of drug-likeness (QED) is 0.489. The number of rotatable bonds is 6. The van der Waals surface area contributed by atoms with Crippen molar-refractivity contribution >= 4 is 17.3 Å². The predicted molar refractivity (Wildman–Crippen MR) is 119 cm³/mol. The zero-order chi connectivity index (χ0) is 24.3. The van der Waals surface area contributed by atoms with Crippen LogP contribution in [0.4, 0.5) is 17.6 Å². The van der Waals surface area contributed by atoms with E-state index >= 15 is 0 Å². The van der Waals surface area contributed by atoms with Crippen LogP contribution in [0.5, 0.6) is 0 Å². The van der Waals surface area contributed by atoms with Crippen molar-refractivity contribution in [3.05, 3.63) is 59.9 Å². The van der Waals surface area contributed by atoms with Crippen LogP contribution >= 0.6 is 0 Å². The summed E-state index contributed by atoms with van der Waals surface area (Å²) in [5.41, 5.74) is -1.46. The van der Waals surface area contributed by atoms with Crippen LogP contribution in [0.15, 0.2) is 47.6 Å². The summed E-state index contributed by atoms with van der Waals surface area (Å²) in [5.74, 6) is -5.65. The molecule has 34 heavy (non-hydrogen) atoms. The molecule has 2 aliphatic rings. The molecular weight excluding hydrogens is 472 g/mol. The summed E-state index contributed by atoms with van der Waals surface area (Å²) in [4.78, 5) is 19.2. The number of piperazine rings is 1. The maximum Gasteiger partial charge on any atom is 0.257 e. The van der Waals surface area contributed by atoms with Crippen LogP contribution < -0.4 is 5.32 Å². The Morgan fingerprint density at radius 1 is 1.03 bits per heavy atom. The number of amides is 1. The number of benzene rings is 1. The lowest BCUT2D eigenvalue weighted by molar-refractivity contribution is -0.0856. The molecule has 0 radical (unpaired) electrons. The smallest absolute Gasteiger partial charge is 0.257 e. The molecule has 2 heterocycles. The van der Waals surface area contributed by atoms with Crippen LogP contribution in [0.1, 0.15) is 36.0 Å². The normalized spacial score (nSPS) is 21.7. The van der Waals surface area contributed by atoms with Crippen LogP contribution in [0, 0.1) is 11.6 Å². The highest BCUT2D eigenvalue weighted by atomic mass is 32.2. The van der Waals surface area contributed by atoms with Gasteiger partial charge in [-0.3, -0.25) is 14.7 Å². The minimum atomic E-state index is -2.78. The molecule has 1 aromatic heterocycles. The van der Waals surface area contributed by atoms with Gasteiger partial charge in [-0.05, 0) is 37.1 Å². The average molecular weight is 499 g/mol. The Bertz CT molecular complexity index is 975. The van der Waals surface area contributed by atoms with Crippen LogP contribution in [-0.2, 0) is 11.4 Å². The van der Waals surface area contributed by atoms with Crippen LogP contribution in [-0.4, -0.2) is 68.8 Å². The van der Waals surface area contributed by atoms with E-state index in [1.165, 1.54) is 6.07 Å². The van der Waals surface area contributed by atoms with Gasteiger partial charge < -0.3 is 9.87 Å². The van der Waals surface area contributed by atoms with Gasteiger partial charge in [0.05, 0.1) is 30.6 Å². The highest BCUT2D eigenvalue weighted by Gasteiger charge is 2.48. The summed E-state index contributed by atoms with van der Waals surface area (Å²) >= 11 is -1.39. The fourth-order valence-corrected chi connectivity index (χ4v) is 5.80. The van der Waals surface area contributed by atoms with E-state index in [4.69, 9.17) is 0 Å². The maximum atomic E-state index is 14.0. The number of halogens is 4.